The molecule has 1 aromatic rings. The van der Waals surface area contributed by atoms with Crippen LogP contribution in [0, 0.1) is 0 Å². The summed E-state index contributed by atoms with van der Waals surface area (Å²) in [7, 11) is 0. The van der Waals surface area contributed by atoms with Crippen molar-refractivity contribution < 1.29 is 19.0 Å². The van der Waals surface area contributed by atoms with E-state index < -0.39 is 5.60 Å². The highest BCUT2D eigenvalue weighted by Gasteiger charge is 2.36. The lowest BCUT2D eigenvalue weighted by atomic mass is 10.2. The Labute approximate surface area is 134 Å². The number of nitrogens with zero attached hydrogens (tertiary/aromatic N) is 3. The quantitative estimate of drug-likeness (QED) is 0.747. The molecule has 1 amide bonds. The van der Waals surface area contributed by atoms with E-state index in [1.807, 2.05) is 20.8 Å². The van der Waals surface area contributed by atoms with Crippen molar-refractivity contribution in [2.45, 2.75) is 52.2 Å². The molecule has 7 nitrogen and oxygen atoms in total. The number of hydrogen-bond donors (Lipinski definition) is 0. The summed E-state index contributed by atoms with van der Waals surface area (Å²) in [5, 5.41) is 0. The van der Waals surface area contributed by atoms with E-state index >= 15 is 0 Å². The van der Waals surface area contributed by atoms with Crippen molar-refractivity contribution in [2.24, 2.45) is 0 Å². The molecule has 0 bridgehead atoms. The van der Waals surface area contributed by atoms with Crippen LogP contribution in [0.25, 0.3) is 0 Å². The third kappa shape index (κ3) is 4.72. The zero-order valence-electron chi connectivity index (χ0n) is 13.5. The van der Waals surface area contributed by atoms with Gasteiger partial charge in [0.15, 0.2) is 0 Å². The van der Waals surface area contributed by atoms with Gasteiger partial charge in [0.05, 0.1) is 31.4 Å². The summed E-state index contributed by atoms with van der Waals surface area (Å²) < 4.78 is 24.7. The fourth-order valence-corrected chi connectivity index (χ4v) is 2.23. The number of unbranched alkanes of at least 4 members (excludes halogenated alkanes) is 1. The normalized spacial score (nSPS) is 15.4. The second-order valence-electron chi connectivity index (χ2n) is 6.20. The molecule has 0 spiro atoms. The highest BCUT2D eigenvalue weighted by atomic mass is 32.1. The van der Waals surface area contributed by atoms with Gasteiger partial charge in [-0.1, -0.05) is 13.3 Å². The van der Waals surface area contributed by atoms with Crippen molar-refractivity contribution in [3.05, 3.63) is 0 Å². The fourth-order valence-electron chi connectivity index (χ4n) is 1.79. The van der Waals surface area contributed by atoms with Crippen LogP contribution < -0.4 is 9.47 Å². The number of amides is 1. The Morgan fingerprint density at radius 1 is 1.32 bits per heavy atom. The van der Waals surface area contributed by atoms with Crippen molar-refractivity contribution >= 4 is 17.8 Å². The van der Waals surface area contributed by atoms with Crippen molar-refractivity contribution in [1.82, 2.24) is 13.6 Å². The molecule has 1 saturated heterocycles. The van der Waals surface area contributed by atoms with E-state index in [4.69, 9.17) is 14.2 Å². The molecular formula is C14H23N3O4S. The molecule has 1 aliphatic rings. The van der Waals surface area contributed by atoms with Gasteiger partial charge in [0.25, 0.3) is 11.8 Å². The molecule has 1 aliphatic heterocycles. The summed E-state index contributed by atoms with van der Waals surface area (Å²) >= 11 is 1.06. The van der Waals surface area contributed by atoms with Crippen molar-refractivity contribution in [3.8, 4) is 11.8 Å². The first-order valence-electron chi connectivity index (χ1n) is 7.49. The maximum Gasteiger partial charge on any atom is 0.410 e. The highest BCUT2D eigenvalue weighted by Crippen LogP contribution is 2.27. The number of rotatable bonds is 6. The van der Waals surface area contributed by atoms with Gasteiger partial charge in [-0.15, -0.1) is 8.75 Å². The van der Waals surface area contributed by atoms with Gasteiger partial charge in [-0.25, -0.2) is 4.79 Å². The van der Waals surface area contributed by atoms with E-state index in [0.717, 1.165) is 24.6 Å². The van der Waals surface area contributed by atoms with E-state index in [9.17, 15) is 4.79 Å². The van der Waals surface area contributed by atoms with Crippen LogP contribution in [0.5, 0.6) is 11.8 Å². The first-order chi connectivity index (χ1) is 10.4. The number of carbonyl (C=O) groups is 1. The number of likely N-dealkylation sites (tertiary alicyclic amines) is 1. The molecule has 124 valence electrons. The number of carbonyl (C=O) groups excluding carboxylic acids is 1. The maximum absolute atomic E-state index is 11.8. The lowest BCUT2D eigenvalue weighted by Gasteiger charge is -2.38. The predicted octanol–water partition coefficient (Wildman–Crippen LogP) is 2.72. The molecule has 0 N–H and O–H groups in total. The van der Waals surface area contributed by atoms with E-state index in [0.29, 0.717) is 31.5 Å². The average Bonchev–Trinajstić information content (AvgIpc) is 2.78. The molecule has 0 atom stereocenters. The van der Waals surface area contributed by atoms with Crippen LogP contribution in [0.1, 0.15) is 40.5 Å². The van der Waals surface area contributed by atoms with E-state index in [-0.39, 0.29) is 12.2 Å². The first kappa shape index (κ1) is 16.8. The maximum atomic E-state index is 11.8. The summed E-state index contributed by atoms with van der Waals surface area (Å²) in [4.78, 5) is 13.4. The Kier molecular flexibility index (Phi) is 5.44. The molecular weight excluding hydrogens is 306 g/mol. The Morgan fingerprint density at radius 3 is 2.64 bits per heavy atom. The average molecular weight is 329 g/mol. The van der Waals surface area contributed by atoms with Gasteiger partial charge in [0.2, 0.25) is 0 Å². The minimum atomic E-state index is -0.484. The van der Waals surface area contributed by atoms with Crippen LogP contribution in [-0.4, -0.2) is 51.1 Å². The third-order valence-corrected chi connectivity index (χ3v) is 3.44. The van der Waals surface area contributed by atoms with E-state index in [2.05, 4.69) is 15.7 Å². The summed E-state index contributed by atoms with van der Waals surface area (Å²) in [6.45, 7) is 9.22. The van der Waals surface area contributed by atoms with Crippen molar-refractivity contribution in [2.75, 3.05) is 19.7 Å². The molecule has 0 aromatic carbocycles. The molecule has 1 aromatic heterocycles. The minimum absolute atomic E-state index is 0.0926. The third-order valence-electron chi connectivity index (χ3n) is 2.95. The minimum Gasteiger partial charge on any atom is -0.473 e. The molecule has 8 heteroatoms. The molecule has 0 aliphatic carbocycles. The highest BCUT2D eigenvalue weighted by molar-refractivity contribution is 6.99. The standard InChI is InChI=1S/C14H23N3O4S/c1-5-6-7-19-11-12(16-22-15-11)20-10-8-17(9-10)13(18)21-14(2,3)4/h10H,5-9H2,1-4H3. The van der Waals surface area contributed by atoms with Gasteiger partial charge >= 0.3 is 6.09 Å². The van der Waals surface area contributed by atoms with Crippen LogP contribution in [-0.2, 0) is 4.74 Å². The molecule has 0 radical (unpaired) electrons. The van der Waals surface area contributed by atoms with E-state index in [1.54, 1.807) is 4.90 Å². The smallest absolute Gasteiger partial charge is 0.410 e. The monoisotopic (exact) mass is 329 g/mol. The van der Waals surface area contributed by atoms with Crippen molar-refractivity contribution in [1.29, 1.82) is 0 Å². The van der Waals surface area contributed by atoms with Gasteiger partial charge < -0.3 is 19.1 Å². The summed E-state index contributed by atoms with van der Waals surface area (Å²) in [5.41, 5.74) is -0.484. The zero-order chi connectivity index (χ0) is 16.2. The van der Waals surface area contributed by atoms with Crippen LogP contribution in [0.3, 0.4) is 0 Å². The Hall–Kier alpha value is -1.57. The predicted molar refractivity (Wildman–Crippen MR) is 82.5 cm³/mol. The lowest BCUT2D eigenvalue weighted by molar-refractivity contribution is -0.0237. The largest absolute Gasteiger partial charge is 0.473 e. The van der Waals surface area contributed by atoms with Gasteiger partial charge in [-0.05, 0) is 27.2 Å². The molecule has 0 saturated carbocycles. The summed E-state index contributed by atoms with van der Waals surface area (Å²) in [6, 6.07) is 0. The zero-order valence-corrected chi connectivity index (χ0v) is 14.3. The summed E-state index contributed by atoms with van der Waals surface area (Å²) in [6.07, 6.45) is 1.61. The number of aromatic nitrogens is 2. The van der Waals surface area contributed by atoms with Crippen LogP contribution in [0.4, 0.5) is 4.79 Å². The van der Waals surface area contributed by atoms with Gasteiger partial charge in [-0.2, -0.15) is 0 Å². The van der Waals surface area contributed by atoms with Gasteiger partial charge in [-0.3, -0.25) is 0 Å². The fraction of sp³-hybridized carbons (Fsp3) is 0.786. The molecule has 2 heterocycles. The molecule has 22 heavy (non-hydrogen) atoms. The van der Waals surface area contributed by atoms with Gasteiger partial charge in [0.1, 0.15) is 11.7 Å². The molecule has 2 rings (SSSR count). The van der Waals surface area contributed by atoms with Crippen LogP contribution >= 0.6 is 11.7 Å². The summed E-state index contributed by atoms with van der Waals surface area (Å²) in [5.74, 6) is 0.851. The van der Waals surface area contributed by atoms with Crippen LogP contribution in [0.2, 0.25) is 0 Å². The Bertz CT molecular complexity index is 495. The van der Waals surface area contributed by atoms with E-state index in [1.165, 1.54) is 0 Å². The Balaban J connectivity index is 1.76. The van der Waals surface area contributed by atoms with Crippen LogP contribution in [0.15, 0.2) is 0 Å². The van der Waals surface area contributed by atoms with Gasteiger partial charge in [0, 0.05) is 0 Å². The Morgan fingerprint density at radius 2 is 2.00 bits per heavy atom. The van der Waals surface area contributed by atoms with Crippen molar-refractivity contribution in [3.63, 3.8) is 0 Å². The topological polar surface area (TPSA) is 73.8 Å². The number of hydrogen-bond acceptors (Lipinski definition) is 7. The second kappa shape index (κ2) is 7.13. The second-order valence-corrected chi connectivity index (χ2v) is 6.73. The molecule has 1 fully saturated rings. The first-order valence-corrected chi connectivity index (χ1v) is 8.22. The lowest BCUT2D eigenvalue weighted by Crippen LogP contribution is -2.57. The number of ether oxygens (including phenoxy) is 3. The molecule has 0 unspecified atom stereocenters. The SMILES string of the molecule is CCCCOc1nsnc1OC1CN(C(=O)OC(C)(C)C)C1.